The number of thiocarbonyl (C=S) groups is 2. The van der Waals surface area contributed by atoms with Crippen LogP contribution < -0.4 is 21.5 Å². The Hall–Kier alpha value is -1.89. The maximum atomic E-state index is 11.8. The van der Waals surface area contributed by atoms with E-state index in [1.807, 2.05) is 0 Å². The Kier molecular flexibility index (Phi) is 7.04. The number of hydrogen-bond acceptors (Lipinski definition) is 8. The van der Waals surface area contributed by atoms with Crippen molar-refractivity contribution >= 4 is 52.1 Å². The topological polar surface area (TPSA) is 140 Å². The number of nitrogens with zero attached hydrogens (tertiary/aromatic N) is 2. The minimum atomic E-state index is -1.35. The third-order valence-electron chi connectivity index (χ3n) is 2.48. The van der Waals surface area contributed by atoms with Gasteiger partial charge in [-0.3, -0.25) is 10.9 Å². The molecule has 1 rings (SSSR count). The van der Waals surface area contributed by atoms with Crippen molar-refractivity contribution < 1.29 is 19.7 Å². The van der Waals surface area contributed by atoms with Gasteiger partial charge in [-0.2, -0.15) is 10.2 Å². The van der Waals surface area contributed by atoms with Gasteiger partial charge in [0.25, 0.3) is 0 Å². The third kappa shape index (κ3) is 4.56. The summed E-state index contributed by atoms with van der Waals surface area (Å²) >= 11 is 9.70. The molecule has 0 amide bonds. The molecule has 1 aliphatic rings. The van der Waals surface area contributed by atoms with E-state index in [4.69, 9.17) is 34.3 Å². The van der Waals surface area contributed by atoms with Gasteiger partial charge in [-0.25, -0.2) is 4.79 Å². The zero-order chi connectivity index (χ0) is 16.7. The summed E-state index contributed by atoms with van der Waals surface area (Å²) in [5.41, 5.74) is 4.67. The van der Waals surface area contributed by atoms with Gasteiger partial charge in [-0.1, -0.05) is 0 Å². The average Bonchev–Trinajstić information content (AvgIpc) is 2.85. The predicted molar refractivity (Wildman–Crippen MR) is 87.4 cm³/mol. The smallest absolute Gasteiger partial charge is 0.361 e. The van der Waals surface area contributed by atoms with Crippen LogP contribution in [-0.2, 0) is 9.53 Å². The molecule has 0 aromatic rings. The van der Waals surface area contributed by atoms with E-state index in [1.54, 1.807) is 14.1 Å². The minimum absolute atomic E-state index is 0.0180. The molecule has 1 heterocycles. The van der Waals surface area contributed by atoms with Crippen molar-refractivity contribution in [2.24, 2.45) is 10.2 Å². The minimum Gasteiger partial charge on any atom is -0.448 e. The first kappa shape index (κ1) is 18.2. The van der Waals surface area contributed by atoms with E-state index >= 15 is 0 Å². The van der Waals surface area contributed by atoms with Crippen LogP contribution in [0.4, 0.5) is 0 Å². The van der Waals surface area contributed by atoms with Gasteiger partial charge in [0.05, 0.1) is 6.61 Å². The van der Waals surface area contributed by atoms with Crippen molar-refractivity contribution in [3.05, 3.63) is 0 Å². The van der Waals surface area contributed by atoms with Gasteiger partial charge >= 0.3 is 5.97 Å². The fraction of sp³-hybridized carbons (Fsp3) is 0.500. The standard InChI is InChI=1S/C10H16N6O4S2/c1-11-9(21)15-13-5-6(14-16-10(22)12-2)8(19)20-7(5)4(18)3-17/h4,7,17-18H,3H2,1-2H3,(H2,11,15,21)(H2,12,16,22). The molecule has 6 N–H and O–H groups in total. The van der Waals surface area contributed by atoms with E-state index in [1.165, 1.54) is 0 Å². The molecule has 0 bridgehead atoms. The van der Waals surface area contributed by atoms with Crippen LogP contribution in [0.2, 0.25) is 0 Å². The highest BCUT2D eigenvalue weighted by Gasteiger charge is 2.42. The number of esters is 1. The van der Waals surface area contributed by atoms with Crippen LogP contribution in [0.15, 0.2) is 10.2 Å². The van der Waals surface area contributed by atoms with E-state index in [9.17, 15) is 9.90 Å². The third-order valence-corrected chi connectivity index (χ3v) is 3.07. The summed E-state index contributed by atoms with van der Waals surface area (Å²) < 4.78 is 4.95. The Morgan fingerprint density at radius 3 is 2.32 bits per heavy atom. The number of carbonyl (C=O) groups is 1. The maximum absolute atomic E-state index is 11.8. The molecule has 2 atom stereocenters. The molecule has 10 nitrogen and oxygen atoms in total. The fourth-order valence-electron chi connectivity index (χ4n) is 1.37. The number of nitrogens with one attached hydrogen (secondary N) is 4. The molecule has 122 valence electrons. The van der Waals surface area contributed by atoms with Crippen LogP contribution >= 0.6 is 24.4 Å². The van der Waals surface area contributed by atoms with Crippen LogP contribution in [0.1, 0.15) is 0 Å². The largest absolute Gasteiger partial charge is 0.448 e. The molecular formula is C10H16N6O4S2. The SMILES string of the molecule is CNC(=S)NN=C1C(=O)OC(C(O)CO)C1=NNC(=S)NC. The van der Waals surface area contributed by atoms with Crippen molar-refractivity contribution in [2.45, 2.75) is 12.2 Å². The lowest BCUT2D eigenvalue weighted by Crippen LogP contribution is -2.39. The number of carbonyl (C=O) groups excluding carboxylic acids is 1. The average molecular weight is 348 g/mol. The van der Waals surface area contributed by atoms with Crippen LogP contribution in [0.3, 0.4) is 0 Å². The van der Waals surface area contributed by atoms with Crippen LogP contribution in [-0.4, -0.2) is 70.7 Å². The van der Waals surface area contributed by atoms with Gasteiger partial charge in [-0.15, -0.1) is 0 Å². The van der Waals surface area contributed by atoms with Gasteiger partial charge in [0.1, 0.15) is 11.8 Å². The van der Waals surface area contributed by atoms with Crippen molar-refractivity contribution in [3.63, 3.8) is 0 Å². The monoisotopic (exact) mass is 348 g/mol. The molecule has 0 aromatic heterocycles. The molecule has 0 aliphatic carbocycles. The zero-order valence-corrected chi connectivity index (χ0v) is 13.4. The molecule has 0 saturated carbocycles. The Labute approximate surface area is 137 Å². The molecule has 0 spiro atoms. The summed E-state index contributed by atoms with van der Waals surface area (Å²) in [6.45, 7) is -0.622. The lowest BCUT2D eigenvalue weighted by molar-refractivity contribution is -0.140. The highest BCUT2D eigenvalue weighted by molar-refractivity contribution is 7.80. The summed E-state index contributed by atoms with van der Waals surface area (Å²) in [7, 11) is 3.15. The number of hydrazone groups is 2. The first-order valence-electron chi connectivity index (χ1n) is 6.05. The van der Waals surface area contributed by atoms with E-state index in [0.717, 1.165) is 0 Å². The second-order valence-corrected chi connectivity index (χ2v) is 4.73. The Morgan fingerprint density at radius 1 is 1.27 bits per heavy atom. The summed E-state index contributed by atoms with van der Waals surface area (Å²) in [4.78, 5) is 11.8. The van der Waals surface area contributed by atoms with Crippen LogP contribution in [0.5, 0.6) is 0 Å². The Balaban J connectivity index is 3.07. The highest BCUT2D eigenvalue weighted by atomic mass is 32.1. The summed E-state index contributed by atoms with van der Waals surface area (Å²) in [6.07, 6.45) is -2.52. The number of rotatable bonds is 4. The van der Waals surface area contributed by atoms with Crippen molar-refractivity contribution in [2.75, 3.05) is 20.7 Å². The first-order chi connectivity index (χ1) is 10.4. The van der Waals surface area contributed by atoms with E-state index in [2.05, 4.69) is 31.7 Å². The van der Waals surface area contributed by atoms with E-state index in [0.29, 0.717) is 0 Å². The first-order valence-corrected chi connectivity index (χ1v) is 6.87. The molecule has 12 heteroatoms. The molecule has 1 aliphatic heterocycles. The molecule has 0 radical (unpaired) electrons. The molecule has 2 unspecified atom stereocenters. The predicted octanol–water partition coefficient (Wildman–Crippen LogP) is -2.84. The summed E-state index contributed by atoms with van der Waals surface area (Å²) in [5, 5.41) is 32.0. The van der Waals surface area contributed by atoms with Gasteiger partial charge in [0.2, 0.25) is 0 Å². The molecule has 22 heavy (non-hydrogen) atoms. The van der Waals surface area contributed by atoms with E-state index < -0.39 is 24.8 Å². The summed E-state index contributed by atoms with van der Waals surface area (Å²) in [6, 6.07) is 0. The zero-order valence-electron chi connectivity index (χ0n) is 11.8. The lowest BCUT2D eigenvalue weighted by atomic mass is 10.1. The molecule has 1 saturated heterocycles. The van der Waals surface area contributed by atoms with E-state index in [-0.39, 0.29) is 21.6 Å². The van der Waals surface area contributed by atoms with Crippen LogP contribution in [0, 0.1) is 0 Å². The second kappa shape index (κ2) is 8.53. The van der Waals surface area contributed by atoms with Crippen molar-refractivity contribution in [1.82, 2.24) is 21.5 Å². The molecule has 0 aromatic carbocycles. The Bertz CT molecular complexity index is 524. The summed E-state index contributed by atoms with van der Waals surface area (Å²) in [5.74, 6) is -0.820. The fourth-order valence-corrected chi connectivity index (χ4v) is 1.46. The Morgan fingerprint density at radius 2 is 1.82 bits per heavy atom. The van der Waals surface area contributed by atoms with Crippen molar-refractivity contribution in [1.29, 1.82) is 0 Å². The molecule has 1 fully saturated rings. The number of cyclic esters (lactones) is 1. The lowest BCUT2D eigenvalue weighted by Gasteiger charge is -2.14. The van der Waals surface area contributed by atoms with Gasteiger partial charge in [-0.05, 0) is 24.4 Å². The number of ether oxygens (including phenoxy) is 1. The van der Waals surface area contributed by atoms with Crippen molar-refractivity contribution in [3.8, 4) is 0 Å². The normalized spacial score (nSPS) is 22.2. The van der Waals surface area contributed by atoms with Gasteiger partial charge < -0.3 is 25.6 Å². The second-order valence-electron chi connectivity index (χ2n) is 3.92. The number of aliphatic hydroxyl groups excluding tert-OH is 2. The molecular weight excluding hydrogens is 332 g/mol. The van der Waals surface area contributed by atoms with Crippen LogP contribution in [0.25, 0.3) is 0 Å². The highest BCUT2D eigenvalue weighted by Crippen LogP contribution is 2.13. The number of aliphatic hydroxyl groups is 2. The van der Waals surface area contributed by atoms with Gasteiger partial charge in [0, 0.05) is 14.1 Å². The number of hydrogen-bond donors (Lipinski definition) is 6. The quantitative estimate of drug-likeness (QED) is 0.179. The maximum Gasteiger partial charge on any atom is 0.361 e. The van der Waals surface area contributed by atoms with Gasteiger partial charge in [0.15, 0.2) is 22.0 Å².